The maximum absolute atomic E-state index is 4.73. The third kappa shape index (κ3) is 5.57. The molecule has 0 saturated heterocycles. The number of hydrogen-bond acceptors (Lipinski definition) is 4. The Morgan fingerprint density at radius 3 is 1.85 bits per heavy atom. The molecular formula is C41H26IrN2S2-2. The summed E-state index contributed by atoms with van der Waals surface area (Å²) >= 11 is 3.78. The van der Waals surface area contributed by atoms with Crippen LogP contribution in [0.5, 0.6) is 0 Å². The zero-order chi connectivity index (χ0) is 30.2. The van der Waals surface area contributed by atoms with Gasteiger partial charge in [-0.1, -0.05) is 54.6 Å². The third-order valence-electron chi connectivity index (χ3n) is 8.02. The van der Waals surface area contributed by atoms with Crippen molar-refractivity contribution < 1.29 is 20.1 Å². The smallest absolute Gasteiger partial charge is 0.0440 e. The molecule has 9 rings (SSSR count). The number of pyridine rings is 2. The molecule has 0 saturated carbocycles. The summed E-state index contributed by atoms with van der Waals surface area (Å²) in [5, 5.41) is 5.46. The van der Waals surface area contributed by atoms with Crippen molar-refractivity contribution >= 4 is 63.0 Å². The van der Waals surface area contributed by atoms with E-state index in [4.69, 9.17) is 4.98 Å². The number of nitrogens with zero attached hydrogens (tertiary/aromatic N) is 2. The number of benzene rings is 5. The van der Waals surface area contributed by atoms with Gasteiger partial charge in [-0.05, 0) is 53.7 Å². The van der Waals surface area contributed by atoms with E-state index in [0.717, 1.165) is 22.5 Å². The van der Waals surface area contributed by atoms with Crippen molar-refractivity contribution in [3.05, 3.63) is 157 Å². The van der Waals surface area contributed by atoms with Crippen molar-refractivity contribution in [3.63, 3.8) is 0 Å². The summed E-state index contributed by atoms with van der Waals surface area (Å²) in [6.07, 6.45) is 3.79. The summed E-state index contributed by atoms with van der Waals surface area (Å²) in [5.74, 6) is 0. The number of aromatic nitrogens is 2. The number of fused-ring (bicyclic) bond motifs is 7. The van der Waals surface area contributed by atoms with E-state index in [0.29, 0.717) is 0 Å². The van der Waals surface area contributed by atoms with Gasteiger partial charge in [-0.3, -0.25) is 0 Å². The summed E-state index contributed by atoms with van der Waals surface area (Å²) < 4.78 is 5.36. The molecule has 0 fully saturated rings. The van der Waals surface area contributed by atoms with Gasteiger partial charge in [-0.25, -0.2) is 0 Å². The molecule has 0 bridgehead atoms. The SMILES string of the molecule is Cc1cnc(-c2[c-]cccc2)cc1-c1cc2sc3ccccc3c2c2c1sc1ccccc12.[Ir].[c-]1ccccc1-c1ccccn1. The first kappa shape index (κ1) is 30.2. The average molecular weight is 803 g/mol. The van der Waals surface area contributed by atoms with Crippen molar-refractivity contribution in [3.8, 4) is 33.6 Å². The van der Waals surface area contributed by atoms with Crippen LogP contribution in [0.1, 0.15) is 5.56 Å². The molecule has 223 valence electrons. The first-order valence-corrected chi connectivity index (χ1v) is 16.5. The molecule has 0 aliphatic heterocycles. The molecule has 0 aliphatic carbocycles. The molecule has 9 aromatic rings. The van der Waals surface area contributed by atoms with Crippen LogP contribution in [0.2, 0.25) is 0 Å². The van der Waals surface area contributed by atoms with E-state index in [9.17, 15) is 0 Å². The van der Waals surface area contributed by atoms with Gasteiger partial charge >= 0.3 is 0 Å². The van der Waals surface area contributed by atoms with Gasteiger partial charge in [0.05, 0.1) is 0 Å². The zero-order valence-electron chi connectivity index (χ0n) is 24.8. The minimum Gasteiger partial charge on any atom is -0.305 e. The van der Waals surface area contributed by atoms with Gasteiger partial charge in [0.2, 0.25) is 0 Å². The number of rotatable bonds is 3. The summed E-state index contributed by atoms with van der Waals surface area (Å²) in [6, 6.07) is 50.4. The van der Waals surface area contributed by atoms with Crippen LogP contribution in [0, 0.1) is 19.1 Å². The Labute approximate surface area is 289 Å². The minimum atomic E-state index is 0. The molecule has 0 unspecified atom stereocenters. The van der Waals surface area contributed by atoms with Crippen LogP contribution in [0.25, 0.3) is 74.0 Å². The first-order valence-electron chi connectivity index (χ1n) is 14.8. The predicted octanol–water partition coefficient (Wildman–Crippen LogP) is 11.8. The van der Waals surface area contributed by atoms with Crippen LogP contribution in [0.3, 0.4) is 0 Å². The molecule has 0 aliphatic rings. The molecule has 46 heavy (non-hydrogen) atoms. The van der Waals surface area contributed by atoms with Crippen molar-refractivity contribution in [1.29, 1.82) is 0 Å². The fraction of sp³-hybridized carbons (Fsp3) is 0.0244. The van der Waals surface area contributed by atoms with Gasteiger partial charge in [0.15, 0.2) is 0 Å². The van der Waals surface area contributed by atoms with Gasteiger partial charge in [0.25, 0.3) is 0 Å². The number of hydrogen-bond donors (Lipinski definition) is 0. The molecule has 0 spiro atoms. The van der Waals surface area contributed by atoms with E-state index >= 15 is 0 Å². The van der Waals surface area contributed by atoms with Gasteiger partial charge in [-0.2, -0.15) is 0 Å². The first-order chi connectivity index (χ1) is 22.2. The largest absolute Gasteiger partial charge is 0.305 e. The van der Waals surface area contributed by atoms with Crippen molar-refractivity contribution in [2.45, 2.75) is 6.92 Å². The quantitative estimate of drug-likeness (QED) is 0.166. The summed E-state index contributed by atoms with van der Waals surface area (Å²) in [6.45, 7) is 2.16. The topological polar surface area (TPSA) is 25.8 Å². The fourth-order valence-corrected chi connectivity index (χ4v) is 8.29. The Bertz CT molecular complexity index is 2400. The van der Waals surface area contributed by atoms with E-state index in [1.165, 1.54) is 57.0 Å². The Kier molecular flexibility index (Phi) is 8.57. The Morgan fingerprint density at radius 2 is 1.17 bits per heavy atom. The van der Waals surface area contributed by atoms with Crippen molar-refractivity contribution in [2.24, 2.45) is 0 Å². The van der Waals surface area contributed by atoms with Crippen LogP contribution in [0.4, 0.5) is 0 Å². The summed E-state index contributed by atoms with van der Waals surface area (Å²) in [5.41, 5.74) is 7.72. The van der Waals surface area contributed by atoms with Crippen LogP contribution in [-0.2, 0) is 20.1 Å². The Hall–Kier alpha value is -4.51. The average Bonchev–Trinajstić information content (AvgIpc) is 3.68. The Morgan fingerprint density at radius 1 is 0.543 bits per heavy atom. The third-order valence-corrected chi connectivity index (χ3v) is 10.3. The van der Waals surface area contributed by atoms with E-state index in [1.54, 1.807) is 6.20 Å². The molecule has 4 aromatic heterocycles. The molecule has 4 heterocycles. The maximum atomic E-state index is 4.73. The van der Waals surface area contributed by atoms with Gasteiger partial charge in [0, 0.05) is 78.4 Å². The van der Waals surface area contributed by atoms with Gasteiger partial charge < -0.3 is 9.97 Å². The van der Waals surface area contributed by atoms with Crippen molar-refractivity contribution in [1.82, 2.24) is 9.97 Å². The minimum absolute atomic E-state index is 0. The Balaban J connectivity index is 0.000000220. The predicted molar refractivity (Wildman–Crippen MR) is 193 cm³/mol. The maximum Gasteiger partial charge on any atom is 0.0440 e. The standard InChI is InChI=1S/C30H18NS2.C11H8N.Ir/c1-18-17-31-24(19-9-3-2-4-10-19)15-22(18)23-16-27-28(20-11-5-7-13-25(20)32-27)29-21-12-6-8-14-26(21)33-30(23)29;1-2-6-10(7-3-1)11-8-4-5-9-12-11;/h2-9,11-17H,1H3;1-6,8-9H;/q2*-1;. The van der Waals surface area contributed by atoms with Crippen LogP contribution < -0.4 is 0 Å². The normalized spacial score (nSPS) is 11.0. The van der Waals surface area contributed by atoms with Crippen molar-refractivity contribution in [2.75, 3.05) is 0 Å². The molecule has 2 nitrogen and oxygen atoms in total. The molecule has 5 aromatic carbocycles. The van der Waals surface area contributed by atoms with Gasteiger partial charge in [0.1, 0.15) is 0 Å². The summed E-state index contributed by atoms with van der Waals surface area (Å²) in [7, 11) is 0. The van der Waals surface area contributed by atoms with E-state index in [1.807, 2.05) is 89.5 Å². The molecule has 0 amide bonds. The summed E-state index contributed by atoms with van der Waals surface area (Å²) in [4.78, 5) is 8.95. The molecule has 1 radical (unpaired) electrons. The second-order valence-electron chi connectivity index (χ2n) is 10.8. The van der Waals surface area contributed by atoms with E-state index < -0.39 is 0 Å². The number of thiophene rings is 2. The van der Waals surface area contributed by atoms with E-state index in [-0.39, 0.29) is 20.1 Å². The molecule has 0 atom stereocenters. The second kappa shape index (κ2) is 13.1. The number of aryl methyl sites for hydroxylation is 1. The van der Waals surface area contributed by atoms with Crippen LogP contribution in [0.15, 0.2) is 140 Å². The zero-order valence-corrected chi connectivity index (χ0v) is 28.9. The molecule has 0 N–H and O–H groups in total. The molecular weight excluding hydrogens is 777 g/mol. The van der Waals surface area contributed by atoms with Crippen LogP contribution in [-0.4, -0.2) is 9.97 Å². The monoisotopic (exact) mass is 803 g/mol. The fourth-order valence-electron chi connectivity index (χ4n) is 5.89. The van der Waals surface area contributed by atoms with Gasteiger partial charge in [-0.15, -0.1) is 94.5 Å². The second-order valence-corrected chi connectivity index (χ2v) is 13.0. The van der Waals surface area contributed by atoms with Crippen LogP contribution >= 0.6 is 22.7 Å². The van der Waals surface area contributed by atoms with E-state index in [2.05, 4.69) is 90.8 Å². The molecule has 5 heteroatoms.